The van der Waals surface area contributed by atoms with E-state index in [-0.39, 0.29) is 11.8 Å². The Kier molecular flexibility index (Phi) is 5.21. The Morgan fingerprint density at radius 3 is 2.84 bits per heavy atom. The maximum absolute atomic E-state index is 12.9. The molecule has 0 spiro atoms. The van der Waals surface area contributed by atoms with Crippen LogP contribution < -0.4 is 10.6 Å². The van der Waals surface area contributed by atoms with Crippen molar-refractivity contribution in [3.63, 3.8) is 0 Å². The van der Waals surface area contributed by atoms with E-state index in [0.29, 0.717) is 27.9 Å². The molecule has 9 heteroatoms. The van der Waals surface area contributed by atoms with Gasteiger partial charge in [-0.05, 0) is 48.9 Å². The van der Waals surface area contributed by atoms with Crippen LogP contribution in [0.5, 0.6) is 0 Å². The van der Waals surface area contributed by atoms with E-state index in [0.717, 1.165) is 32.1 Å². The first-order chi connectivity index (χ1) is 15.0. The summed E-state index contributed by atoms with van der Waals surface area (Å²) in [6.45, 7) is 2.55. The van der Waals surface area contributed by atoms with E-state index >= 15 is 0 Å². The highest BCUT2D eigenvalue weighted by Gasteiger charge is 2.19. The van der Waals surface area contributed by atoms with E-state index in [2.05, 4.69) is 15.7 Å². The number of thioether (sulfide) groups is 1. The molecule has 2 N–H and O–H groups in total. The molecule has 0 unspecified atom stereocenters. The second-order valence-electron chi connectivity index (χ2n) is 7.20. The lowest BCUT2D eigenvalue weighted by molar-refractivity contribution is -0.113. The molecule has 2 aromatic carbocycles. The molecule has 0 radical (unpaired) electrons. The number of hydrogen-bond donors (Lipinski definition) is 2. The van der Waals surface area contributed by atoms with Gasteiger partial charge in [-0.3, -0.25) is 14.3 Å². The second kappa shape index (κ2) is 8.03. The second-order valence-corrected chi connectivity index (χ2v) is 9.69. The van der Waals surface area contributed by atoms with Gasteiger partial charge in [0.1, 0.15) is 4.83 Å². The Hall–Kier alpha value is -2.81. The van der Waals surface area contributed by atoms with Crippen LogP contribution in [-0.2, 0) is 11.3 Å². The molecule has 4 aromatic rings. The summed E-state index contributed by atoms with van der Waals surface area (Å²) >= 11 is 8.88. The molecule has 6 nitrogen and oxygen atoms in total. The lowest BCUT2D eigenvalue weighted by Gasteiger charge is -2.17. The molecule has 5 rings (SSSR count). The van der Waals surface area contributed by atoms with Crippen molar-refractivity contribution in [1.29, 1.82) is 0 Å². The number of carbonyl (C=O) groups excluding carboxylic acids is 2. The molecular formula is C22H17ClN4O2S2. The first-order valence-corrected chi connectivity index (χ1v) is 11.7. The van der Waals surface area contributed by atoms with E-state index in [1.807, 2.05) is 54.1 Å². The molecule has 0 fully saturated rings. The van der Waals surface area contributed by atoms with Crippen LogP contribution >= 0.6 is 34.7 Å². The zero-order valence-corrected chi connectivity index (χ0v) is 18.8. The van der Waals surface area contributed by atoms with Crippen LogP contribution in [-0.4, -0.2) is 27.3 Å². The van der Waals surface area contributed by atoms with Gasteiger partial charge in [0.15, 0.2) is 0 Å². The van der Waals surface area contributed by atoms with E-state index < -0.39 is 0 Å². The third-order valence-corrected chi connectivity index (χ3v) is 7.42. The molecule has 156 valence electrons. The minimum atomic E-state index is -0.187. The summed E-state index contributed by atoms with van der Waals surface area (Å²) in [6, 6.07) is 15.1. The fourth-order valence-corrected chi connectivity index (χ4v) is 5.42. The molecule has 0 atom stereocenters. The van der Waals surface area contributed by atoms with E-state index in [1.54, 1.807) is 6.07 Å². The fourth-order valence-electron chi connectivity index (χ4n) is 3.45. The van der Waals surface area contributed by atoms with Crippen LogP contribution in [0, 0.1) is 6.92 Å². The molecule has 2 aromatic heterocycles. The number of aryl methyl sites for hydroxylation is 1. The topological polar surface area (TPSA) is 76.0 Å². The third-order valence-electron chi connectivity index (χ3n) is 4.95. The number of thiophene rings is 1. The number of nitrogens with one attached hydrogen (secondary N) is 2. The predicted octanol–water partition coefficient (Wildman–Crippen LogP) is 5.40. The Labute approximate surface area is 191 Å². The highest BCUT2D eigenvalue weighted by Crippen LogP contribution is 2.34. The first-order valence-electron chi connectivity index (χ1n) is 9.56. The van der Waals surface area contributed by atoms with Gasteiger partial charge in [0.2, 0.25) is 5.91 Å². The monoisotopic (exact) mass is 468 g/mol. The summed E-state index contributed by atoms with van der Waals surface area (Å²) in [6.07, 6.45) is 0. The fraction of sp³-hybridized carbons (Fsp3) is 0.136. The molecule has 0 bridgehead atoms. The number of fused-ring (bicyclic) bond motifs is 2. The van der Waals surface area contributed by atoms with Crippen molar-refractivity contribution < 1.29 is 9.59 Å². The van der Waals surface area contributed by atoms with Crippen LogP contribution in [0.4, 0.5) is 11.4 Å². The zero-order chi connectivity index (χ0) is 21.5. The van der Waals surface area contributed by atoms with Crippen LogP contribution in [0.25, 0.3) is 10.2 Å². The molecule has 3 heterocycles. The number of anilines is 2. The summed E-state index contributed by atoms with van der Waals surface area (Å²) in [5.74, 6) is 0.187. The lowest BCUT2D eigenvalue weighted by Crippen LogP contribution is -2.19. The van der Waals surface area contributed by atoms with Gasteiger partial charge in [-0.2, -0.15) is 5.10 Å². The summed E-state index contributed by atoms with van der Waals surface area (Å²) in [7, 11) is 0. The molecular weight excluding hydrogens is 452 g/mol. The smallest absolute Gasteiger partial charge is 0.265 e. The van der Waals surface area contributed by atoms with Gasteiger partial charge in [-0.1, -0.05) is 23.7 Å². The summed E-state index contributed by atoms with van der Waals surface area (Å²) in [5.41, 5.74) is 3.34. The number of rotatable bonds is 4. The highest BCUT2D eigenvalue weighted by atomic mass is 35.5. The summed E-state index contributed by atoms with van der Waals surface area (Å²) in [5, 5.41) is 12.1. The highest BCUT2D eigenvalue weighted by molar-refractivity contribution is 8.00. The van der Waals surface area contributed by atoms with Crippen molar-refractivity contribution in [2.45, 2.75) is 18.4 Å². The van der Waals surface area contributed by atoms with Crippen LogP contribution in [0.2, 0.25) is 5.02 Å². The maximum Gasteiger partial charge on any atom is 0.265 e. The number of aromatic nitrogens is 2. The van der Waals surface area contributed by atoms with Gasteiger partial charge in [-0.25, -0.2) is 0 Å². The number of nitrogens with zero attached hydrogens (tertiary/aromatic N) is 2. The largest absolute Gasteiger partial charge is 0.324 e. The summed E-state index contributed by atoms with van der Waals surface area (Å²) in [4.78, 5) is 27.1. The van der Waals surface area contributed by atoms with Crippen molar-refractivity contribution in [3.8, 4) is 0 Å². The minimum absolute atomic E-state index is 0.0359. The average Bonchev–Trinajstić information content (AvgIpc) is 3.31. The SMILES string of the molecule is Cc1nn(Cc2ccc(Cl)cc2)c2sc(C(=O)Nc3ccc4c(c3)NC(=O)CS4)cc12. The van der Waals surface area contributed by atoms with Crippen LogP contribution in [0.1, 0.15) is 20.9 Å². The van der Waals surface area contributed by atoms with Crippen molar-refractivity contribution in [1.82, 2.24) is 9.78 Å². The van der Waals surface area contributed by atoms with E-state index in [9.17, 15) is 9.59 Å². The zero-order valence-electron chi connectivity index (χ0n) is 16.4. The van der Waals surface area contributed by atoms with Crippen molar-refractivity contribution in [3.05, 3.63) is 69.7 Å². The van der Waals surface area contributed by atoms with Gasteiger partial charge < -0.3 is 10.6 Å². The van der Waals surface area contributed by atoms with Gasteiger partial charge >= 0.3 is 0 Å². The predicted molar refractivity (Wildman–Crippen MR) is 127 cm³/mol. The number of carbonyl (C=O) groups is 2. The van der Waals surface area contributed by atoms with Crippen molar-refractivity contribution in [2.24, 2.45) is 0 Å². The average molecular weight is 469 g/mol. The Balaban J connectivity index is 1.39. The number of amides is 2. The minimum Gasteiger partial charge on any atom is -0.324 e. The maximum atomic E-state index is 12.9. The number of halogens is 1. The molecule has 0 aliphatic carbocycles. The van der Waals surface area contributed by atoms with E-state index in [4.69, 9.17) is 11.6 Å². The van der Waals surface area contributed by atoms with Crippen LogP contribution in [0.3, 0.4) is 0 Å². The Morgan fingerprint density at radius 1 is 1.23 bits per heavy atom. The molecule has 1 aliphatic rings. The number of benzene rings is 2. The third kappa shape index (κ3) is 4.06. The van der Waals surface area contributed by atoms with Crippen LogP contribution in [0.15, 0.2) is 53.4 Å². The Morgan fingerprint density at radius 2 is 2.03 bits per heavy atom. The molecule has 0 saturated carbocycles. The van der Waals surface area contributed by atoms with Gasteiger partial charge in [0, 0.05) is 21.0 Å². The van der Waals surface area contributed by atoms with Gasteiger partial charge in [0.25, 0.3) is 5.91 Å². The molecule has 31 heavy (non-hydrogen) atoms. The summed E-state index contributed by atoms with van der Waals surface area (Å²) < 4.78 is 1.92. The molecule has 2 amide bonds. The number of hydrogen-bond acceptors (Lipinski definition) is 5. The van der Waals surface area contributed by atoms with E-state index in [1.165, 1.54) is 23.1 Å². The Bertz CT molecular complexity index is 1330. The van der Waals surface area contributed by atoms with Gasteiger partial charge in [0.05, 0.1) is 28.6 Å². The normalized spacial score (nSPS) is 13.2. The quantitative estimate of drug-likeness (QED) is 0.420. The van der Waals surface area contributed by atoms with Gasteiger partial charge in [-0.15, -0.1) is 23.1 Å². The van der Waals surface area contributed by atoms with Crippen molar-refractivity contribution in [2.75, 3.05) is 16.4 Å². The van der Waals surface area contributed by atoms with Crippen molar-refractivity contribution >= 4 is 68.1 Å². The lowest BCUT2D eigenvalue weighted by atomic mass is 10.2. The molecule has 1 aliphatic heterocycles. The molecule has 0 saturated heterocycles. The first kappa shape index (κ1) is 20.1. The standard InChI is InChI=1S/C22H17ClN4O2S2/c1-12-16-9-19(31-22(16)27(26-12)10-13-2-4-14(23)5-3-13)21(29)24-15-6-7-18-17(8-15)25-20(28)11-30-18/h2-9H,10-11H2,1H3,(H,24,29)(H,25,28).